The molecular weight excluding hydrogens is 975 g/mol. The van der Waals surface area contributed by atoms with Crippen LogP contribution >= 0.6 is 0 Å². The third kappa shape index (κ3) is 19.0. The van der Waals surface area contributed by atoms with E-state index >= 15 is 0 Å². The SMILES string of the molecule is CCCN(CCC(CC)C(=O)N(C)CCOCCOCCOCCC(=O)OC(C)(C)C)CCN(C)C(=O)c1cccc(C(=O)Nc2ccc(N3CCCCC3)cc2-c2cc(C(=O)NC3CCCc4ccccc43)ccn2)c1. The first-order chi connectivity index (χ1) is 37.1. The van der Waals surface area contributed by atoms with Crippen molar-refractivity contribution in [2.24, 2.45) is 5.92 Å². The van der Waals surface area contributed by atoms with Gasteiger partial charge in [-0.05, 0) is 151 Å². The summed E-state index contributed by atoms with van der Waals surface area (Å²) in [4.78, 5) is 80.0. The summed E-state index contributed by atoms with van der Waals surface area (Å²) in [6, 6.07) is 24.5. The van der Waals surface area contributed by atoms with Crippen LogP contribution in [0, 0.1) is 5.92 Å². The standard InChI is InChI=1S/C61H85N7O9/c1-8-29-67(32-26-45(9-2)59(72)66(7)35-37-75-39-41-76-40-38-74-36-27-56(69)77-61(3,4)5)34-33-65(6)60(73)49-20-15-19-47(42-49)57(70)64-54-24-23-50(68-30-13-10-14-31-68)44-52(54)55-43-48(25-28-62-55)58(71)63-53-22-16-18-46-17-11-12-21-51(46)53/h11-12,15,17,19-21,23-25,28,42-45,53H,8-10,13-14,16,18,22,26-27,29-41H2,1-7H3,(H,63,71)(H,64,70). The highest BCUT2D eigenvalue weighted by Gasteiger charge is 2.25. The number of carbonyl (C=O) groups excluding carboxylic acids is 5. The molecule has 16 nitrogen and oxygen atoms in total. The van der Waals surface area contributed by atoms with E-state index in [9.17, 15) is 24.0 Å². The normalized spacial score (nSPS) is 14.9. The largest absolute Gasteiger partial charge is 0.460 e. The van der Waals surface area contributed by atoms with Crippen LogP contribution in [-0.4, -0.2) is 154 Å². The Hall–Kier alpha value is -6.20. The van der Waals surface area contributed by atoms with Crippen molar-refractivity contribution in [1.82, 2.24) is 25.0 Å². The number of nitrogens with zero attached hydrogens (tertiary/aromatic N) is 5. The molecule has 1 fully saturated rings. The van der Waals surface area contributed by atoms with Crippen molar-refractivity contribution >= 4 is 41.0 Å². The average Bonchev–Trinajstić information content (AvgIpc) is 3.43. The van der Waals surface area contributed by atoms with Gasteiger partial charge in [-0.1, -0.05) is 44.2 Å². The van der Waals surface area contributed by atoms with E-state index in [1.807, 2.05) is 59.0 Å². The number of anilines is 2. The first kappa shape index (κ1) is 60.0. The highest BCUT2D eigenvalue weighted by molar-refractivity contribution is 6.08. The maximum atomic E-state index is 14.1. The summed E-state index contributed by atoms with van der Waals surface area (Å²) in [5, 5.41) is 6.40. The van der Waals surface area contributed by atoms with Crippen molar-refractivity contribution in [3.63, 3.8) is 0 Å². The minimum Gasteiger partial charge on any atom is -0.460 e. The molecule has 1 aliphatic carbocycles. The number of esters is 1. The molecule has 418 valence electrons. The molecule has 2 atom stereocenters. The van der Waals surface area contributed by atoms with E-state index in [1.54, 1.807) is 59.4 Å². The summed E-state index contributed by atoms with van der Waals surface area (Å²) in [5.74, 6) is -1.09. The smallest absolute Gasteiger partial charge is 0.308 e. The molecule has 77 heavy (non-hydrogen) atoms. The molecule has 1 saturated heterocycles. The van der Waals surface area contributed by atoms with Crippen LogP contribution in [0.5, 0.6) is 0 Å². The molecule has 4 aromatic rings. The minimum atomic E-state index is -0.512. The Morgan fingerprint density at radius 1 is 0.714 bits per heavy atom. The summed E-state index contributed by atoms with van der Waals surface area (Å²) in [6.07, 6.45) is 10.5. The lowest BCUT2D eigenvalue weighted by atomic mass is 9.87. The fourth-order valence-electron chi connectivity index (χ4n) is 9.87. The van der Waals surface area contributed by atoms with E-state index < -0.39 is 5.60 Å². The second-order valence-electron chi connectivity index (χ2n) is 21.3. The summed E-state index contributed by atoms with van der Waals surface area (Å²) < 4.78 is 22.0. The van der Waals surface area contributed by atoms with Crippen LogP contribution in [0.1, 0.15) is 141 Å². The number of hydrogen-bond donors (Lipinski definition) is 2. The van der Waals surface area contributed by atoms with Gasteiger partial charge < -0.3 is 49.2 Å². The number of aromatic nitrogens is 1. The van der Waals surface area contributed by atoms with E-state index in [1.165, 1.54) is 12.0 Å². The number of ether oxygens (including phenoxy) is 4. The van der Waals surface area contributed by atoms with E-state index in [-0.39, 0.29) is 54.6 Å². The van der Waals surface area contributed by atoms with Gasteiger partial charge in [0, 0.05) is 86.9 Å². The predicted octanol–water partition coefficient (Wildman–Crippen LogP) is 9.24. The molecule has 1 aromatic heterocycles. The molecule has 16 heteroatoms. The number of piperidine rings is 1. The number of pyridine rings is 1. The fraction of sp³-hybridized carbons (Fsp3) is 0.541. The summed E-state index contributed by atoms with van der Waals surface area (Å²) >= 11 is 0. The van der Waals surface area contributed by atoms with Gasteiger partial charge in [-0.3, -0.25) is 29.0 Å². The zero-order valence-corrected chi connectivity index (χ0v) is 46.9. The van der Waals surface area contributed by atoms with Crippen molar-refractivity contribution in [2.75, 3.05) is 110 Å². The monoisotopic (exact) mass is 1060 g/mol. The Morgan fingerprint density at radius 3 is 2.17 bits per heavy atom. The molecule has 0 bridgehead atoms. The van der Waals surface area contributed by atoms with Crippen LogP contribution in [0.25, 0.3) is 11.3 Å². The average molecular weight is 1060 g/mol. The molecule has 2 heterocycles. The fourth-order valence-corrected chi connectivity index (χ4v) is 9.87. The Kier molecular flexibility index (Phi) is 23.9. The van der Waals surface area contributed by atoms with Gasteiger partial charge in [0.2, 0.25) is 5.91 Å². The Balaban J connectivity index is 0.984. The van der Waals surface area contributed by atoms with Gasteiger partial charge >= 0.3 is 5.97 Å². The van der Waals surface area contributed by atoms with Gasteiger partial charge in [-0.2, -0.15) is 0 Å². The summed E-state index contributed by atoms with van der Waals surface area (Å²) in [6.45, 7) is 16.9. The third-order valence-corrected chi connectivity index (χ3v) is 14.2. The first-order valence-corrected chi connectivity index (χ1v) is 28.0. The molecule has 6 rings (SSSR count). The van der Waals surface area contributed by atoms with Crippen LogP contribution < -0.4 is 15.5 Å². The molecule has 0 radical (unpaired) electrons. The molecular formula is C61H85N7O9. The van der Waals surface area contributed by atoms with E-state index in [2.05, 4.69) is 45.6 Å². The quantitative estimate of drug-likeness (QED) is 0.0391. The highest BCUT2D eigenvalue weighted by Crippen LogP contribution is 2.34. The topological polar surface area (TPSA) is 172 Å². The number of aryl methyl sites for hydroxylation is 1. The number of carbonyl (C=O) groups is 5. The number of likely N-dealkylation sites (N-methyl/N-ethyl adjacent to an activating group) is 2. The van der Waals surface area contributed by atoms with Crippen molar-refractivity contribution in [1.29, 1.82) is 0 Å². The van der Waals surface area contributed by atoms with Gasteiger partial charge in [-0.15, -0.1) is 0 Å². The lowest BCUT2D eigenvalue weighted by molar-refractivity contribution is -0.156. The molecule has 2 unspecified atom stereocenters. The number of fused-ring (bicyclic) bond motifs is 1. The molecule has 2 aliphatic rings. The van der Waals surface area contributed by atoms with Crippen molar-refractivity contribution in [3.8, 4) is 11.3 Å². The van der Waals surface area contributed by atoms with Gasteiger partial charge in [0.05, 0.1) is 63.5 Å². The van der Waals surface area contributed by atoms with E-state index in [0.29, 0.717) is 106 Å². The lowest BCUT2D eigenvalue weighted by Crippen LogP contribution is -2.39. The van der Waals surface area contributed by atoms with E-state index in [4.69, 9.17) is 23.9 Å². The maximum absolute atomic E-state index is 14.1. The molecule has 3 aromatic carbocycles. The molecule has 0 saturated carbocycles. The maximum Gasteiger partial charge on any atom is 0.308 e. The van der Waals surface area contributed by atoms with Crippen molar-refractivity contribution in [3.05, 3.63) is 113 Å². The minimum absolute atomic E-state index is 0.0722. The van der Waals surface area contributed by atoms with Gasteiger partial charge in [0.15, 0.2) is 0 Å². The van der Waals surface area contributed by atoms with Gasteiger partial charge in [0.25, 0.3) is 17.7 Å². The second-order valence-corrected chi connectivity index (χ2v) is 21.3. The number of amides is 4. The Bertz CT molecular complexity index is 2540. The second kappa shape index (κ2) is 30.7. The van der Waals surface area contributed by atoms with Crippen LogP contribution in [0.3, 0.4) is 0 Å². The molecule has 4 amide bonds. The molecule has 2 N–H and O–H groups in total. The van der Waals surface area contributed by atoms with Crippen LogP contribution in [0.15, 0.2) is 85.1 Å². The van der Waals surface area contributed by atoms with Gasteiger partial charge in [-0.25, -0.2) is 0 Å². The predicted molar refractivity (Wildman–Crippen MR) is 302 cm³/mol. The lowest BCUT2D eigenvalue weighted by Gasteiger charge is -2.29. The van der Waals surface area contributed by atoms with Crippen LogP contribution in [0.2, 0.25) is 0 Å². The molecule has 0 spiro atoms. The number of rotatable bonds is 29. The van der Waals surface area contributed by atoms with E-state index in [0.717, 1.165) is 69.4 Å². The van der Waals surface area contributed by atoms with Crippen molar-refractivity contribution in [2.45, 2.75) is 110 Å². The van der Waals surface area contributed by atoms with Crippen LogP contribution in [-0.2, 0) is 35.0 Å². The number of nitrogens with one attached hydrogen (secondary N) is 2. The number of hydrogen-bond acceptors (Lipinski definition) is 12. The zero-order valence-electron chi connectivity index (χ0n) is 46.9. The zero-order chi connectivity index (χ0) is 55.2. The first-order valence-electron chi connectivity index (χ1n) is 28.0. The Morgan fingerprint density at radius 2 is 1.43 bits per heavy atom. The third-order valence-electron chi connectivity index (χ3n) is 14.2. The van der Waals surface area contributed by atoms with Crippen molar-refractivity contribution < 1.29 is 42.9 Å². The van der Waals surface area contributed by atoms with Gasteiger partial charge in [0.1, 0.15) is 5.60 Å². The highest BCUT2D eigenvalue weighted by atomic mass is 16.6. The van der Waals surface area contributed by atoms with Crippen LogP contribution in [0.4, 0.5) is 11.4 Å². The summed E-state index contributed by atoms with van der Waals surface area (Å²) in [7, 11) is 3.59. The Labute approximate surface area is 457 Å². The molecule has 1 aliphatic heterocycles. The number of benzene rings is 3. The summed E-state index contributed by atoms with van der Waals surface area (Å²) in [5.41, 5.74) is 5.99.